The third kappa shape index (κ3) is 3.83. The van der Waals surface area contributed by atoms with E-state index < -0.39 is 0 Å². The first-order valence-electron chi connectivity index (χ1n) is 9.75. The fraction of sp³-hybridized carbons (Fsp3) is 0.250. The van der Waals surface area contributed by atoms with Crippen LogP contribution in [0.4, 0.5) is 22.7 Å². The number of para-hydroxylation sites is 2. The molecule has 4 rings (SSSR count). The molecule has 0 unspecified atom stereocenters. The van der Waals surface area contributed by atoms with Gasteiger partial charge in [0.2, 0.25) is 0 Å². The van der Waals surface area contributed by atoms with Crippen molar-refractivity contribution in [3.63, 3.8) is 0 Å². The van der Waals surface area contributed by atoms with Crippen LogP contribution in [0.1, 0.15) is 6.42 Å². The summed E-state index contributed by atoms with van der Waals surface area (Å²) in [6.45, 7) is 2.03. The molecule has 0 N–H and O–H groups in total. The maximum Gasteiger partial charge on any atom is 0.0552 e. The molecule has 0 atom stereocenters. The van der Waals surface area contributed by atoms with E-state index in [2.05, 4.69) is 109 Å². The van der Waals surface area contributed by atoms with E-state index in [-0.39, 0.29) is 0 Å². The first-order chi connectivity index (χ1) is 13.6. The van der Waals surface area contributed by atoms with Crippen molar-refractivity contribution in [3.05, 3.63) is 72.8 Å². The molecule has 144 valence electrons. The third-order valence-corrected chi connectivity index (χ3v) is 6.34. The maximum absolute atomic E-state index is 2.48. The summed E-state index contributed by atoms with van der Waals surface area (Å²) in [6.07, 6.45) is 1.10. The molecule has 1 aliphatic rings. The lowest BCUT2D eigenvalue weighted by Gasteiger charge is -2.33. The first-order valence-corrected chi connectivity index (χ1v) is 10.6. The van der Waals surface area contributed by atoms with Crippen molar-refractivity contribution in [2.45, 2.75) is 16.2 Å². The summed E-state index contributed by atoms with van der Waals surface area (Å²) in [6, 6.07) is 26.2. The quantitative estimate of drug-likeness (QED) is 0.520. The van der Waals surface area contributed by atoms with E-state index in [0.29, 0.717) is 0 Å². The Hall–Kier alpha value is -2.59. The van der Waals surface area contributed by atoms with Crippen molar-refractivity contribution in [1.29, 1.82) is 0 Å². The molecular weight excluding hydrogens is 362 g/mol. The van der Waals surface area contributed by atoms with Gasteiger partial charge in [0, 0.05) is 55.4 Å². The highest BCUT2D eigenvalue weighted by Crippen LogP contribution is 2.47. The summed E-state index contributed by atoms with van der Waals surface area (Å²) in [5, 5.41) is 0. The summed E-state index contributed by atoms with van der Waals surface area (Å²) in [4.78, 5) is 9.63. The number of rotatable bonds is 6. The molecule has 0 amide bonds. The zero-order valence-corrected chi connectivity index (χ0v) is 17.6. The fourth-order valence-electron chi connectivity index (χ4n) is 3.62. The fourth-order valence-corrected chi connectivity index (χ4v) is 4.72. The maximum atomic E-state index is 2.48. The second-order valence-corrected chi connectivity index (χ2v) is 8.46. The number of benzene rings is 3. The van der Waals surface area contributed by atoms with Gasteiger partial charge < -0.3 is 14.7 Å². The number of fused-ring (bicyclic) bond motifs is 2. The molecule has 0 spiro atoms. The zero-order valence-electron chi connectivity index (χ0n) is 16.8. The van der Waals surface area contributed by atoms with E-state index >= 15 is 0 Å². The molecule has 0 bridgehead atoms. The van der Waals surface area contributed by atoms with Crippen LogP contribution in [0, 0.1) is 0 Å². The highest BCUT2D eigenvalue weighted by Gasteiger charge is 2.22. The van der Waals surface area contributed by atoms with E-state index in [9.17, 15) is 0 Å². The molecular formula is C24H27N3S. The predicted octanol–water partition coefficient (Wildman–Crippen LogP) is 5.88. The summed E-state index contributed by atoms with van der Waals surface area (Å²) < 4.78 is 0. The smallest absolute Gasteiger partial charge is 0.0552 e. The lowest BCUT2D eigenvalue weighted by Crippen LogP contribution is -2.26. The molecule has 4 heteroatoms. The van der Waals surface area contributed by atoms with Gasteiger partial charge in [-0.15, -0.1) is 0 Å². The van der Waals surface area contributed by atoms with Crippen LogP contribution in [0.2, 0.25) is 0 Å². The lowest BCUT2D eigenvalue weighted by molar-refractivity contribution is 0.771. The van der Waals surface area contributed by atoms with Crippen LogP contribution >= 0.6 is 11.8 Å². The SMILES string of the molecule is CN(C)c1ccc(N(C)CCCN2c3ccccc3Sc3ccccc32)cc1. The van der Waals surface area contributed by atoms with E-state index in [0.717, 1.165) is 19.5 Å². The molecule has 1 aliphatic heterocycles. The topological polar surface area (TPSA) is 9.72 Å². The van der Waals surface area contributed by atoms with Crippen molar-refractivity contribution < 1.29 is 0 Å². The number of hydrogen-bond donors (Lipinski definition) is 0. The van der Waals surface area contributed by atoms with Crippen molar-refractivity contribution in [3.8, 4) is 0 Å². The number of hydrogen-bond acceptors (Lipinski definition) is 4. The van der Waals surface area contributed by atoms with E-state index in [4.69, 9.17) is 0 Å². The molecule has 0 fully saturated rings. The lowest BCUT2D eigenvalue weighted by atomic mass is 10.2. The van der Waals surface area contributed by atoms with Crippen LogP contribution in [-0.2, 0) is 0 Å². The summed E-state index contributed by atoms with van der Waals surface area (Å²) in [5.74, 6) is 0. The van der Waals surface area contributed by atoms with Crippen LogP contribution < -0.4 is 14.7 Å². The normalized spacial score (nSPS) is 12.3. The first kappa shape index (κ1) is 18.8. The summed E-state index contributed by atoms with van der Waals surface area (Å²) >= 11 is 1.87. The second kappa shape index (κ2) is 8.19. The largest absolute Gasteiger partial charge is 0.378 e. The van der Waals surface area contributed by atoms with Crippen molar-refractivity contribution >= 4 is 34.5 Å². The van der Waals surface area contributed by atoms with E-state index in [1.807, 2.05) is 11.8 Å². The molecule has 3 aromatic rings. The van der Waals surface area contributed by atoms with Gasteiger partial charge in [-0.05, 0) is 55.0 Å². The molecule has 0 radical (unpaired) electrons. The number of anilines is 4. The summed E-state index contributed by atoms with van der Waals surface area (Å²) in [5.41, 5.74) is 5.14. The third-order valence-electron chi connectivity index (χ3n) is 5.21. The van der Waals surface area contributed by atoms with E-state index in [1.165, 1.54) is 32.5 Å². The molecule has 28 heavy (non-hydrogen) atoms. The minimum atomic E-state index is 1.01. The summed E-state index contributed by atoms with van der Waals surface area (Å²) in [7, 11) is 6.33. The second-order valence-electron chi connectivity index (χ2n) is 7.38. The van der Waals surface area contributed by atoms with Crippen LogP contribution in [0.15, 0.2) is 82.6 Å². The van der Waals surface area contributed by atoms with Gasteiger partial charge >= 0.3 is 0 Å². The molecule has 0 saturated heterocycles. The van der Waals surface area contributed by atoms with Crippen molar-refractivity contribution in [1.82, 2.24) is 0 Å². The van der Waals surface area contributed by atoms with Gasteiger partial charge in [-0.3, -0.25) is 0 Å². The average Bonchev–Trinajstić information content (AvgIpc) is 2.73. The Labute approximate surface area is 172 Å². The Morgan fingerprint density at radius 1 is 0.714 bits per heavy atom. The molecule has 3 aromatic carbocycles. The minimum absolute atomic E-state index is 1.01. The van der Waals surface area contributed by atoms with Gasteiger partial charge in [0.15, 0.2) is 0 Å². The van der Waals surface area contributed by atoms with Gasteiger partial charge in [0.1, 0.15) is 0 Å². The van der Waals surface area contributed by atoms with Crippen molar-refractivity contribution in [2.24, 2.45) is 0 Å². The molecule has 0 aliphatic carbocycles. The van der Waals surface area contributed by atoms with E-state index in [1.54, 1.807) is 0 Å². The highest BCUT2D eigenvalue weighted by atomic mass is 32.2. The molecule has 0 aromatic heterocycles. The standard InChI is InChI=1S/C24H27N3S/c1-25(2)19-13-15-20(16-14-19)26(3)17-8-18-27-21-9-4-6-11-23(21)28-24-12-7-5-10-22(24)27/h4-7,9-16H,8,17-18H2,1-3H3. The molecule has 0 saturated carbocycles. The average molecular weight is 390 g/mol. The minimum Gasteiger partial charge on any atom is -0.378 e. The number of nitrogens with zero attached hydrogens (tertiary/aromatic N) is 3. The molecule has 1 heterocycles. The van der Waals surface area contributed by atoms with Gasteiger partial charge in [0.25, 0.3) is 0 Å². The predicted molar refractivity (Wildman–Crippen MR) is 123 cm³/mol. The Morgan fingerprint density at radius 2 is 1.25 bits per heavy atom. The monoisotopic (exact) mass is 389 g/mol. The Bertz CT molecular complexity index is 891. The van der Waals surface area contributed by atoms with Crippen LogP contribution in [0.5, 0.6) is 0 Å². The van der Waals surface area contributed by atoms with Gasteiger partial charge in [-0.1, -0.05) is 36.0 Å². The highest BCUT2D eigenvalue weighted by molar-refractivity contribution is 7.99. The van der Waals surface area contributed by atoms with Gasteiger partial charge in [0.05, 0.1) is 11.4 Å². The van der Waals surface area contributed by atoms with Crippen molar-refractivity contribution in [2.75, 3.05) is 48.9 Å². The zero-order chi connectivity index (χ0) is 19.5. The van der Waals surface area contributed by atoms with Gasteiger partial charge in [-0.25, -0.2) is 0 Å². The van der Waals surface area contributed by atoms with Gasteiger partial charge in [-0.2, -0.15) is 0 Å². The van der Waals surface area contributed by atoms with Crippen LogP contribution in [0.3, 0.4) is 0 Å². The Morgan fingerprint density at radius 3 is 1.82 bits per heavy atom. The van der Waals surface area contributed by atoms with Crippen LogP contribution in [-0.4, -0.2) is 34.2 Å². The molecule has 3 nitrogen and oxygen atoms in total. The Kier molecular flexibility index (Phi) is 5.49. The van der Waals surface area contributed by atoms with Crippen LogP contribution in [0.25, 0.3) is 0 Å². The Balaban J connectivity index is 1.45.